The van der Waals surface area contributed by atoms with Crippen molar-refractivity contribution in [3.63, 3.8) is 0 Å². The maximum atomic E-state index is 5.79. The lowest BCUT2D eigenvalue weighted by Gasteiger charge is -2.29. The molecule has 110 valence electrons. The number of rotatable bonds is 7. The van der Waals surface area contributed by atoms with Crippen LogP contribution in [0.1, 0.15) is 26.7 Å². The molecule has 0 aliphatic rings. The van der Waals surface area contributed by atoms with Gasteiger partial charge in [0.25, 0.3) is 0 Å². The summed E-state index contributed by atoms with van der Waals surface area (Å²) in [6.45, 7) is 9.63. The highest BCUT2D eigenvalue weighted by Crippen LogP contribution is 2.20. The first-order chi connectivity index (χ1) is 9.54. The minimum atomic E-state index is 0.0895. The van der Waals surface area contributed by atoms with Crippen molar-refractivity contribution in [1.29, 1.82) is 0 Å². The van der Waals surface area contributed by atoms with Crippen molar-refractivity contribution in [3.05, 3.63) is 22.7 Å². The van der Waals surface area contributed by atoms with Gasteiger partial charge in [0.05, 0.1) is 6.54 Å². The molecule has 0 atom stereocenters. The number of nitrogens with two attached hydrogens (primary N) is 1. The second-order valence-electron chi connectivity index (χ2n) is 5.70. The molecule has 2 aromatic heterocycles. The van der Waals surface area contributed by atoms with E-state index in [-0.39, 0.29) is 5.41 Å². The van der Waals surface area contributed by atoms with Gasteiger partial charge < -0.3 is 10.3 Å². The van der Waals surface area contributed by atoms with Gasteiger partial charge in [0.15, 0.2) is 0 Å². The largest absolute Gasteiger partial charge is 0.338 e. The smallest absolute Gasteiger partial charge is 0.241 e. The van der Waals surface area contributed by atoms with Crippen LogP contribution in [0.2, 0.25) is 0 Å². The Bertz CT molecular complexity index is 521. The normalized spacial score (nSPS) is 12.2. The summed E-state index contributed by atoms with van der Waals surface area (Å²) in [5, 5.41) is 8.06. The van der Waals surface area contributed by atoms with Gasteiger partial charge in [-0.15, -0.1) is 0 Å². The molecule has 5 nitrogen and oxygen atoms in total. The first-order valence-electron chi connectivity index (χ1n) is 6.81. The van der Waals surface area contributed by atoms with Crippen LogP contribution in [0, 0.1) is 5.41 Å². The second-order valence-corrected chi connectivity index (χ2v) is 6.48. The van der Waals surface area contributed by atoms with E-state index in [2.05, 4.69) is 35.8 Å². The first kappa shape index (κ1) is 15.2. The zero-order valence-electron chi connectivity index (χ0n) is 12.3. The highest BCUT2D eigenvalue weighted by Gasteiger charge is 2.21. The molecule has 0 saturated carbocycles. The van der Waals surface area contributed by atoms with Crippen LogP contribution < -0.4 is 5.73 Å². The van der Waals surface area contributed by atoms with Crippen LogP contribution in [0.25, 0.3) is 11.4 Å². The van der Waals surface area contributed by atoms with E-state index in [1.165, 1.54) is 0 Å². The van der Waals surface area contributed by atoms with Gasteiger partial charge in [0.2, 0.25) is 11.7 Å². The molecule has 2 rings (SSSR count). The Morgan fingerprint density at radius 1 is 1.45 bits per heavy atom. The zero-order chi connectivity index (χ0) is 14.6. The second kappa shape index (κ2) is 6.47. The molecule has 0 unspecified atom stereocenters. The lowest BCUT2D eigenvalue weighted by Crippen LogP contribution is -2.38. The fraction of sp³-hybridized carbons (Fsp3) is 0.571. The maximum Gasteiger partial charge on any atom is 0.241 e. The topological polar surface area (TPSA) is 68.2 Å². The van der Waals surface area contributed by atoms with E-state index in [1.54, 1.807) is 11.3 Å². The Labute approximate surface area is 123 Å². The van der Waals surface area contributed by atoms with Crippen molar-refractivity contribution < 1.29 is 4.52 Å². The Kier molecular flexibility index (Phi) is 4.91. The Morgan fingerprint density at radius 2 is 2.25 bits per heavy atom. The van der Waals surface area contributed by atoms with E-state index >= 15 is 0 Å². The molecule has 0 radical (unpaired) electrons. The maximum absolute atomic E-state index is 5.79. The molecule has 0 amide bonds. The van der Waals surface area contributed by atoms with Gasteiger partial charge in [-0.3, -0.25) is 4.90 Å². The third-order valence-electron chi connectivity index (χ3n) is 3.26. The van der Waals surface area contributed by atoms with E-state index in [4.69, 9.17) is 10.3 Å². The van der Waals surface area contributed by atoms with Gasteiger partial charge in [0.1, 0.15) is 0 Å². The SMILES string of the molecule is CCN(Cc1nc(-c2ccsc2)no1)CC(C)(C)CN. The molecule has 0 aliphatic carbocycles. The van der Waals surface area contributed by atoms with E-state index < -0.39 is 0 Å². The molecule has 0 aliphatic heterocycles. The molecule has 0 spiro atoms. The first-order valence-corrected chi connectivity index (χ1v) is 7.76. The van der Waals surface area contributed by atoms with Crippen LogP contribution in [0.3, 0.4) is 0 Å². The minimum absolute atomic E-state index is 0.0895. The monoisotopic (exact) mass is 294 g/mol. The molecular formula is C14H22N4OS. The third-order valence-corrected chi connectivity index (χ3v) is 3.94. The summed E-state index contributed by atoms with van der Waals surface area (Å²) >= 11 is 1.63. The molecule has 0 fully saturated rings. The molecule has 2 N–H and O–H groups in total. The zero-order valence-corrected chi connectivity index (χ0v) is 13.1. The average molecular weight is 294 g/mol. The number of nitrogens with zero attached hydrogens (tertiary/aromatic N) is 3. The van der Waals surface area contributed by atoms with Crippen LogP contribution in [0.15, 0.2) is 21.3 Å². The van der Waals surface area contributed by atoms with Gasteiger partial charge in [-0.2, -0.15) is 16.3 Å². The van der Waals surface area contributed by atoms with E-state index in [9.17, 15) is 0 Å². The number of thiophene rings is 1. The van der Waals surface area contributed by atoms with Crippen molar-refractivity contribution in [2.24, 2.45) is 11.1 Å². The third kappa shape index (κ3) is 3.88. The summed E-state index contributed by atoms with van der Waals surface area (Å²) < 4.78 is 5.34. The Hall–Kier alpha value is -1.24. The van der Waals surface area contributed by atoms with E-state index in [0.29, 0.717) is 24.8 Å². The van der Waals surface area contributed by atoms with Crippen molar-refractivity contribution in [3.8, 4) is 11.4 Å². The van der Waals surface area contributed by atoms with Gasteiger partial charge in [-0.1, -0.05) is 25.9 Å². The number of hydrogen-bond donors (Lipinski definition) is 1. The van der Waals surface area contributed by atoms with Crippen LogP contribution >= 0.6 is 11.3 Å². The van der Waals surface area contributed by atoms with Gasteiger partial charge in [-0.05, 0) is 30.0 Å². The molecule has 20 heavy (non-hydrogen) atoms. The Morgan fingerprint density at radius 3 is 2.85 bits per heavy atom. The standard InChI is InChI=1S/C14H22N4OS/c1-4-18(10-14(2,3)9-15)7-12-16-13(17-19-12)11-5-6-20-8-11/h5-6,8H,4,7,9-10,15H2,1-3H3. The summed E-state index contributed by atoms with van der Waals surface area (Å²) in [5.74, 6) is 1.32. The van der Waals surface area contributed by atoms with Crippen LogP contribution in [0.5, 0.6) is 0 Å². The minimum Gasteiger partial charge on any atom is -0.338 e. The van der Waals surface area contributed by atoms with Crippen LogP contribution in [0.4, 0.5) is 0 Å². The van der Waals surface area contributed by atoms with Crippen LogP contribution in [-0.4, -0.2) is 34.7 Å². The van der Waals surface area contributed by atoms with Crippen molar-refractivity contribution in [1.82, 2.24) is 15.0 Å². The summed E-state index contributed by atoms with van der Waals surface area (Å²) in [4.78, 5) is 6.73. The predicted octanol–water partition coefficient (Wildman–Crippen LogP) is 2.60. The number of hydrogen-bond acceptors (Lipinski definition) is 6. The van der Waals surface area contributed by atoms with Gasteiger partial charge >= 0.3 is 0 Å². The lowest BCUT2D eigenvalue weighted by molar-refractivity contribution is 0.165. The van der Waals surface area contributed by atoms with Crippen LogP contribution in [-0.2, 0) is 6.54 Å². The molecule has 0 aromatic carbocycles. The average Bonchev–Trinajstić information content (AvgIpc) is 3.08. The molecule has 2 heterocycles. The number of aromatic nitrogens is 2. The molecule has 0 saturated heterocycles. The lowest BCUT2D eigenvalue weighted by atomic mass is 9.93. The van der Waals surface area contributed by atoms with E-state index in [0.717, 1.165) is 18.7 Å². The summed E-state index contributed by atoms with van der Waals surface area (Å²) in [6.07, 6.45) is 0. The molecule has 6 heteroatoms. The highest BCUT2D eigenvalue weighted by atomic mass is 32.1. The van der Waals surface area contributed by atoms with Crippen molar-refractivity contribution in [2.75, 3.05) is 19.6 Å². The fourth-order valence-electron chi connectivity index (χ4n) is 1.97. The molecular weight excluding hydrogens is 272 g/mol. The molecule has 0 bridgehead atoms. The fourth-order valence-corrected chi connectivity index (χ4v) is 2.60. The van der Waals surface area contributed by atoms with Gasteiger partial charge in [-0.25, -0.2) is 0 Å². The summed E-state index contributed by atoms with van der Waals surface area (Å²) in [5.41, 5.74) is 6.89. The highest BCUT2D eigenvalue weighted by molar-refractivity contribution is 7.08. The van der Waals surface area contributed by atoms with E-state index in [1.807, 2.05) is 16.8 Å². The summed E-state index contributed by atoms with van der Waals surface area (Å²) in [6, 6.07) is 1.99. The molecule has 2 aromatic rings. The van der Waals surface area contributed by atoms with Gasteiger partial charge in [0, 0.05) is 17.5 Å². The Balaban J connectivity index is 2.01. The van der Waals surface area contributed by atoms with Crippen molar-refractivity contribution in [2.45, 2.75) is 27.3 Å². The van der Waals surface area contributed by atoms with Crippen molar-refractivity contribution >= 4 is 11.3 Å². The quantitative estimate of drug-likeness (QED) is 0.850. The summed E-state index contributed by atoms with van der Waals surface area (Å²) in [7, 11) is 0. The predicted molar refractivity (Wildman–Crippen MR) is 81.4 cm³/mol.